The summed E-state index contributed by atoms with van der Waals surface area (Å²) >= 11 is 7.60. The number of halogens is 2. The third kappa shape index (κ3) is 2.34. The summed E-state index contributed by atoms with van der Waals surface area (Å²) in [7, 11) is 0. The number of anilines is 2. The van der Waals surface area contributed by atoms with E-state index >= 15 is 0 Å². The minimum absolute atomic E-state index is 0.0757. The van der Waals surface area contributed by atoms with E-state index in [1.54, 1.807) is 13.0 Å². The fraction of sp³-hybridized carbons (Fsp3) is 0.167. The number of nitrogens with zero attached hydrogens (tertiary/aromatic N) is 1. The Morgan fingerprint density at radius 2 is 2.23 bits per heavy atom. The van der Waals surface area contributed by atoms with Crippen molar-refractivity contribution in [3.05, 3.63) is 51.3 Å². The van der Waals surface area contributed by atoms with Gasteiger partial charge in [0.1, 0.15) is 28.0 Å². The number of hydrogen-bond donors (Lipinski definition) is 2. The molecule has 1 amide bonds. The number of thiophene rings is 1. The second kappa shape index (κ2) is 5.94. The van der Waals surface area contributed by atoms with Gasteiger partial charge in [0, 0.05) is 28.5 Å². The summed E-state index contributed by atoms with van der Waals surface area (Å²) in [6, 6.07) is 6.56. The number of carbonyl (C=O) groups excluding carboxylic acids is 1. The van der Waals surface area contributed by atoms with Crippen LogP contribution in [0.1, 0.15) is 34.6 Å². The largest absolute Gasteiger partial charge is 0.317 e. The molecule has 1 aliphatic heterocycles. The Morgan fingerprint density at radius 3 is 2.92 bits per heavy atom. The first-order chi connectivity index (χ1) is 12.4. The van der Waals surface area contributed by atoms with Crippen LogP contribution in [-0.2, 0) is 4.79 Å². The number of aromatic nitrogens is 1. The average Bonchev–Trinajstić information content (AvgIpc) is 2.93. The Kier molecular flexibility index (Phi) is 3.83. The molecule has 0 bridgehead atoms. The number of nitrogens with two attached hydrogens (primary N) is 1. The van der Waals surface area contributed by atoms with Crippen LogP contribution in [0.4, 0.5) is 15.2 Å². The number of nitrogen functional groups attached to an aromatic ring is 1. The predicted molar refractivity (Wildman–Crippen MR) is 98.7 cm³/mol. The number of aryl methyl sites for hydroxylation is 1. The fourth-order valence-corrected chi connectivity index (χ4v) is 5.01. The second-order valence-electron chi connectivity index (χ2n) is 6.14. The highest BCUT2D eigenvalue weighted by atomic mass is 35.5. The monoisotopic (exact) mass is 387 g/mol. The van der Waals surface area contributed by atoms with Gasteiger partial charge < -0.3 is 5.32 Å². The van der Waals surface area contributed by atoms with E-state index in [0.717, 1.165) is 15.8 Å². The number of rotatable bonds is 1. The molecule has 1 atom stereocenters. The molecule has 26 heavy (non-hydrogen) atoms. The van der Waals surface area contributed by atoms with Gasteiger partial charge in [0.05, 0.1) is 4.70 Å². The van der Waals surface area contributed by atoms with Crippen LogP contribution in [0, 0.1) is 24.1 Å². The molecule has 0 unspecified atom stereocenters. The van der Waals surface area contributed by atoms with E-state index in [4.69, 9.17) is 17.3 Å². The summed E-state index contributed by atoms with van der Waals surface area (Å²) < 4.78 is 15.4. The summed E-state index contributed by atoms with van der Waals surface area (Å²) in [6.45, 7) is 1.81. The van der Waals surface area contributed by atoms with Crippen LogP contribution in [0.3, 0.4) is 0 Å². The standard InChI is InChI=1S/C18H12ClFN4OS/c1-7-9(6-21)17(22)24-15-14-8(13-10(19)3-2-4-11(13)20)5-12(25)23-18(14)26-16(7)15/h2-4,8H,5H2,1H3,(H2,22,24)(H,23,25)/p+1/t8-/m1/s1. The van der Waals surface area contributed by atoms with Crippen molar-refractivity contribution in [2.75, 3.05) is 11.1 Å². The molecule has 0 spiro atoms. The van der Waals surface area contributed by atoms with Gasteiger partial charge in [0.25, 0.3) is 5.82 Å². The van der Waals surface area contributed by atoms with Crippen LogP contribution in [0.15, 0.2) is 18.2 Å². The Bertz CT molecular complexity index is 1110. The number of amides is 1. The average molecular weight is 388 g/mol. The third-order valence-corrected chi connectivity index (χ3v) is 6.21. The van der Waals surface area contributed by atoms with E-state index in [0.29, 0.717) is 21.6 Å². The number of nitriles is 1. The van der Waals surface area contributed by atoms with Gasteiger partial charge >= 0.3 is 0 Å². The van der Waals surface area contributed by atoms with Crippen molar-refractivity contribution in [1.29, 1.82) is 5.26 Å². The molecule has 1 aromatic carbocycles. The molecule has 8 heteroatoms. The molecule has 130 valence electrons. The van der Waals surface area contributed by atoms with Crippen molar-refractivity contribution in [2.45, 2.75) is 19.3 Å². The maximum absolute atomic E-state index is 14.5. The van der Waals surface area contributed by atoms with Crippen LogP contribution < -0.4 is 16.0 Å². The van der Waals surface area contributed by atoms with Crippen LogP contribution in [0.25, 0.3) is 10.2 Å². The van der Waals surface area contributed by atoms with Crippen molar-refractivity contribution >= 4 is 49.9 Å². The highest BCUT2D eigenvalue weighted by Crippen LogP contribution is 2.48. The highest BCUT2D eigenvalue weighted by molar-refractivity contribution is 7.23. The Hall–Kier alpha value is -2.69. The van der Waals surface area contributed by atoms with Gasteiger partial charge in [-0.2, -0.15) is 5.26 Å². The number of nitrogens with one attached hydrogen (secondary N) is 2. The molecule has 0 saturated heterocycles. The van der Waals surface area contributed by atoms with E-state index in [2.05, 4.69) is 16.4 Å². The van der Waals surface area contributed by atoms with Gasteiger partial charge in [-0.25, -0.2) is 9.37 Å². The molecule has 4 rings (SSSR count). The molecule has 0 radical (unpaired) electrons. The first-order valence-corrected chi connectivity index (χ1v) is 9.03. The van der Waals surface area contributed by atoms with Crippen molar-refractivity contribution in [3.63, 3.8) is 0 Å². The molecule has 2 aromatic heterocycles. The number of benzene rings is 1. The molecule has 3 aromatic rings. The number of aromatic amines is 1. The van der Waals surface area contributed by atoms with E-state index in [1.165, 1.54) is 23.5 Å². The number of pyridine rings is 1. The van der Waals surface area contributed by atoms with Crippen LogP contribution in [0.2, 0.25) is 5.02 Å². The Morgan fingerprint density at radius 1 is 1.46 bits per heavy atom. The molecule has 0 aliphatic carbocycles. The van der Waals surface area contributed by atoms with Gasteiger partial charge in [-0.3, -0.25) is 10.5 Å². The quantitative estimate of drug-likeness (QED) is 0.666. The molecule has 0 fully saturated rings. The van der Waals surface area contributed by atoms with E-state index in [-0.39, 0.29) is 23.2 Å². The molecule has 1 aliphatic rings. The van der Waals surface area contributed by atoms with Crippen molar-refractivity contribution < 1.29 is 14.2 Å². The Labute approximate surface area is 157 Å². The Balaban J connectivity index is 2.07. The summed E-state index contributed by atoms with van der Waals surface area (Å²) in [6.07, 6.45) is 0.0757. The smallest absolute Gasteiger partial charge is 0.289 e. The lowest BCUT2D eigenvalue weighted by atomic mass is 9.86. The first kappa shape index (κ1) is 16.8. The molecular weight excluding hydrogens is 375 g/mol. The van der Waals surface area contributed by atoms with E-state index in [1.807, 2.05) is 0 Å². The molecule has 0 saturated carbocycles. The van der Waals surface area contributed by atoms with E-state index in [9.17, 15) is 14.4 Å². The van der Waals surface area contributed by atoms with Crippen LogP contribution in [0.5, 0.6) is 0 Å². The molecule has 5 nitrogen and oxygen atoms in total. The minimum atomic E-state index is -0.538. The summed E-state index contributed by atoms with van der Waals surface area (Å²) in [4.78, 5) is 15.3. The lowest BCUT2D eigenvalue weighted by molar-refractivity contribution is -0.327. The normalized spacial score (nSPS) is 16.2. The lowest BCUT2D eigenvalue weighted by Crippen LogP contribution is -2.24. The van der Waals surface area contributed by atoms with Crippen molar-refractivity contribution in [1.82, 2.24) is 0 Å². The molecular formula is C18H13ClFN4OS+. The lowest BCUT2D eigenvalue weighted by Gasteiger charge is -2.23. The fourth-order valence-electron chi connectivity index (χ4n) is 3.47. The summed E-state index contributed by atoms with van der Waals surface area (Å²) in [5.41, 5.74) is 8.83. The zero-order valence-corrected chi connectivity index (χ0v) is 15.2. The minimum Gasteiger partial charge on any atom is -0.317 e. The topological polar surface area (TPSA) is 93.1 Å². The number of H-pyrrole nitrogens is 1. The molecule has 3 heterocycles. The van der Waals surface area contributed by atoms with E-state index < -0.39 is 11.7 Å². The SMILES string of the molecule is Cc1c(C#N)c(N)[nH+]c2c3c(sc12)NC(=O)C[C@@H]3c1c(F)cccc1Cl. The van der Waals surface area contributed by atoms with Crippen molar-refractivity contribution in [2.24, 2.45) is 0 Å². The van der Waals surface area contributed by atoms with Gasteiger partial charge in [-0.05, 0) is 24.6 Å². The predicted octanol–water partition coefficient (Wildman–Crippen LogP) is 3.74. The zero-order valence-electron chi connectivity index (χ0n) is 13.6. The summed E-state index contributed by atoms with van der Waals surface area (Å²) in [5, 5.41) is 13.1. The zero-order chi connectivity index (χ0) is 18.6. The van der Waals surface area contributed by atoms with Crippen LogP contribution >= 0.6 is 22.9 Å². The summed E-state index contributed by atoms with van der Waals surface area (Å²) in [5.74, 6) is -0.960. The highest BCUT2D eigenvalue weighted by Gasteiger charge is 2.36. The molecule has 4 N–H and O–H groups in total. The van der Waals surface area contributed by atoms with Gasteiger partial charge in [-0.15, -0.1) is 11.3 Å². The third-order valence-electron chi connectivity index (χ3n) is 4.64. The van der Waals surface area contributed by atoms with Gasteiger partial charge in [-0.1, -0.05) is 17.7 Å². The van der Waals surface area contributed by atoms with Crippen LogP contribution in [-0.4, -0.2) is 5.91 Å². The maximum atomic E-state index is 14.5. The van der Waals surface area contributed by atoms with Crippen molar-refractivity contribution in [3.8, 4) is 6.07 Å². The first-order valence-electron chi connectivity index (χ1n) is 7.84. The van der Waals surface area contributed by atoms with Gasteiger partial charge in [0.2, 0.25) is 5.91 Å². The number of fused-ring (bicyclic) bond motifs is 3. The number of hydrogen-bond acceptors (Lipinski definition) is 4. The number of carbonyl (C=O) groups is 1. The van der Waals surface area contributed by atoms with Gasteiger partial charge in [0.15, 0.2) is 0 Å². The second-order valence-corrected chi connectivity index (χ2v) is 7.57. The maximum Gasteiger partial charge on any atom is 0.289 e.